The molecular formula is C55H70MgN4O6. The van der Waals surface area contributed by atoms with Gasteiger partial charge in [-0.3, -0.25) is 19.4 Å². The van der Waals surface area contributed by atoms with Crippen molar-refractivity contribution in [2.24, 2.45) is 50.5 Å². The molecule has 0 amide bonds. The number of aliphatic imine (C=N–C) groups is 3. The first-order chi connectivity index (χ1) is 31.1. The fourth-order valence-corrected chi connectivity index (χ4v) is 10.0. The van der Waals surface area contributed by atoms with Crippen molar-refractivity contribution in [2.75, 3.05) is 13.7 Å². The fraction of sp³-hybridized carbons (Fsp3) is 0.527. The van der Waals surface area contributed by atoms with E-state index in [1.807, 2.05) is 45.9 Å². The van der Waals surface area contributed by atoms with Gasteiger partial charge in [0.1, 0.15) is 12.5 Å². The van der Waals surface area contributed by atoms with Crippen LogP contribution in [0.25, 0.3) is 11.6 Å². The SMILES string of the molecule is C=CC1=C(C)C2=NC1=CC1=NC(=C(CC)C1=C[O-])C=c1[n-]c3c(c1C)C(=O)[C@@H](C(=O)OC)C=3C1=NC(=C2)[C@@H](C)[C@@H]1CCC(=O)OC/C=C(\C)CCC[C@H](C)CCC[C@H](C)CCCC(C)C.[Mg+2]. The number of carbonyl (C=O) groups is 3. The number of esters is 2. The van der Waals surface area contributed by atoms with Crippen molar-refractivity contribution in [1.29, 1.82) is 0 Å². The monoisotopic (exact) mass is 907 g/mol. The maximum Gasteiger partial charge on any atom is 2.00 e. The predicted octanol–water partition coefficient (Wildman–Crippen LogP) is 9.01. The molecule has 5 heterocycles. The van der Waals surface area contributed by atoms with E-state index in [1.165, 1.54) is 57.6 Å². The minimum Gasteiger partial charge on any atom is -0.877 e. The van der Waals surface area contributed by atoms with Gasteiger partial charge in [-0.15, -0.1) is 17.0 Å². The zero-order chi connectivity index (χ0) is 47.1. The first-order valence-electron chi connectivity index (χ1n) is 24.0. The van der Waals surface area contributed by atoms with Crippen LogP contribution in [0.2, 0.25) is 0 Å². The summed E-state index contributed by atoms with van der Waals surface area (Å²) in [5, 5.41) is 13.5. The Morgan fingerprint density at radius 1 is 0.939 bits per heavy atom. The van der Waals surface area contributed by atoms with Gasteiger partial charge in [-0.25, -0.2) is 9.98 Å². The van der Waals surface area contributed by atoms with E-state index < -0.39 is 17.7 Å². The van der Waals surface area contributed by atoms with E-state index in [-0.39, 0.29) is 53.9 Å². The van der Waals surface area contributed by atoms with Gasteiger partial charge < -0.3 is 19.6 Å². The van der Waals surface area contributed by atoms with Crippen LogP contribution in [0, 0.1) is 42.4 Å². The molecule has 0 spiro atoms. The molecule has 1 aromatic rings. The Morgan fingerprint density at radius 3 is 2.26 bits per heavy atom. The van der Waals surface area contributed by atoms with Crippen LogP contribution in [0.5, 0.6) is 0 Å². The van der Waals surface area contributed by atoms with E-state index in [4.69, 9.17) is 29.4 Å². The van der Waals surface area contributed by atoms with Crippen molar-refractivity contribution in [1.82, 2.24) is 4.98 Å². The van der Waals surface area contributed by atoms with Gasteiger partial charge in [-0.1, -0.05) is 116 Å². The Morgan fingerprint density at radius 2 is 1.62 bits per heavy atom. The Balaban J connectivity index is 0.00000817. The van der Waals surface area contributed by atoms with Crippen molar-refractivity contribution in [2.45, 2.75) is 139 Å². The minimum atomic E-state index is -1.27. The minimum absolute atomic E-state index is 0. The molecule has 8 bridgehead atoms. The van der Waals surface area contributed by atoms with Crippen LogP contribution in [0.15, 0.2) is 97.1 Å². The van der Waals surface area contributed by atoms with Gasteiger partial charge >= 0.3 is 35.0 Å². The van der Waals surface area contributed by atoms with Crippen LogP contribution in [0.4, 0.5) is 0 Å². The number of methoxy groups -OCH3 is 1. The standard InChI is InChI=1S/C55H72N4O6.Mg/c1-12-38-35(8)42-27-43-36(9)40(23-24-48(61)65-26-25-34(7)22-16-21-33(6)20-15-19-32(5)18-14-17-31(3)4)52(58-43)50-51(55(63)64-11)54(62)49-37(10)44(59-53(49)50)28-46-39(13-2)41(30-60)47(57-46)29-45(38)56-42;/h12,25,27-33,36,40,51H,1,13-24,26H2,2-11H3,(H2,56,57,58,59,60,62);/q;+2/p-2/b34-25+;/t32-,33-,36+,40+,51+;/m1./s1. The van der Waals surface area contributed by atoms with Crippen molar-refractivity contribution >= 4 is 69.6 Å². The summed E-state index contributed by atoms with van der Waals surface area (Å²) in [7, 11) is 1.27. The molecule has 66 heavy (non-hydrogen) atoms. The number of Topliss-reactive ketones (excluding diaryl/α,β-unsaturated/α-hetero) is 1. The van der Waals surface area contributed by atoms with E-state index in [9.17, 15) is 19.5 Å². The summed E-state index contributed by atoms with van der Waals surface area (Å²) in [5.74, 6) is -0.983. The molecule has 0 unspecified atom stereocenters. The summed E-state index contributed by atoms with van der Waals surface area (Å²) >= 11 is 0. The summed E-state index contributed by atoms with van der Waals surface area (Å²) < 4.78 is 11.0. The van der Waals surface area contributed by atoms with Gasteiger partial charge in [-0.05, 0) is 105 Å². The smallest absolute Gasteiger partial charge is 0.877 e. The van der Waals surface area contributed by atoms with Crippen LogP contribution in [-0.4, -0.2) is 71.6 Å². The number of nitrogens with zero attached hydrogens (tertiary/aromatic N) is 4. The fourth-order valence-electron chi connectivity index (χ4n) is 10.0. The average Bonchev–Trinajstić information content (AvgIpc) is 4.02. The molecule has 348 valence electrons. The molecule has 4 aliphatic heterocycles. The third-order valence-electron chi connectivity index (χ3n) is 14.1. The third-order valence-corrected chi connectivity index (χ3v) is 14.1. The first kappa shape index (κ1) is 52.4. The largest absolute Gasteiger partial charge is 2.00 e. The average molecular weight is 907 g/mol. The van der Waals surface area contributed by atoms with Crippen LogP contribution < -0.4 is 20.8 Å². The van der Waals surface area contributed by atoms with Crippen LogP contribution >= 0.6 is 0 Å². The van der Waals surface area contributed by atoms with Gasteiger partial charge in [-0.2, -0.15) is 0 Å². The predicted molar refractivity (Wildman–Crippen MR) is 265 cm³/mol. The number of ether oxygens (including phenoxy) is 2. The number of aromatic nitrogens is 1. The number of hydrogen-bond donors (Lipinski definition) is 0. The molecule has 0 fully saturated rings. The van der Waals surface area contributed by atoms with Gasteiger partial charge in [0.15, 0.2) is 5.78 Å². The van der Waals surface area contributed by atoms with E-state index in [2.05, 4.69) is 41.2 Å². The van der Waals surface area contributed by atoms with E-state index in [0.29, 0.717) is 86.0 Å². The molecule has 0 N–H and O–H groups in total. The Labute approximate surface area is 408 Å². The molecule has 0 radical (unpaired) electrons. The third kappa shape index (κ3) is 11.6. The van der Waals surface area contributed by atoms with Crippen LogP contribution in [-0.2, 0) is 19.1 Å². The topological polar surface area (TPSA) is 144 Å². The molecule has 5 atom stereocenters. The van der Waals surface area contributed by atoms with Gasteiger partial charge in [0.05, 0.1) is 29.9 Å². The van der Waals surface area contributed by atoms with Crippen molar-refractivity contribution < 1.29 is 29.0 Å². The number of rotatable bonds is 20. The normalized spacial score (nSPS) is 21.6. The number of carbonyl (C=O) groups excluding carboxylic acids is 3. The van der Waals surface area contributed by atoms with E-state index in [0.717, 1.165) is 47.7 Å². The molecule has 1 aromatic heterocycles. The van der Waals surface area contributed by atoms with Crippen molar-refractivity contribution in [3.05, 3.63) is 104 Å². The molecule has 1 aliphatic carbocycles. The molecule has 11 heteroatoms. The zero-order valence-electron chi connectivity index (χ0n) is 41.3. The van der Waals surface area contributed by atoms with Gasteiger partial charge in [0.25, 0.3) is 0 Å². The van der Waals surface area contributed by atoms with E-state index in [1.54, 1.807) is 12.2 Å². The molecule has 0 saturated heterocycles. The number of fused-ring (bicyclic) bond motifs is 5. The van der Waals surface area contributed by atoms with Crippen molar-refractivity contribution in [3.8, 4) is 0 Å². The van der Waals surface area contributed by atoms with Gasteiger partial charge in [0, 0.05) is 40.8 Å². The molecule has 0 aromatic carbocycles. The summed E-state index contributed by atoms with van der Waals surface area (Å²) in [4.78, 5) is 61.5. The molecule has 0 saturated carbocycles. The quantitative estimate of drug-likeness (QED) is 0.0418. The molecule has 10 nitrogen and oxygen atoms in total. The Kier molecular flexibility index (Phi) is 18.6. The molecule has 6 rings (SSSR count). The summed E-state index contributed by atoms with van der Waals surface area (Å²) in [6, 6.07) is 0. The molecular weight excluding hydrogens is 837 g/mol. The van der Waals surface area contributed by atoms with Crippen LogP contribution in [0.3, 0.4) is 0 Å². The number of ketones is 1. The summed E-state index contributed by atoms with van der Waals surface area (Å²) in [5.41, 5.74) is 9.02. The van der Waals surface area contributed by atoms with E-state index >= 15 is 0 Å². The van der Waals surface area contributed by atoms with Gasteiger partial charge in [0.2, 0.25) is 0 Å². The van der Waals surface area contributed by atoms with Crippen molar-refractivity contribution in [3.63, 3.8) is 0 Å². The summed E-state index contributed by atoms with van der Waals surface area (Å²) in [6.45, 7) is 23.5. The number of hydrogen-bond acceptors (Lipinski definition) is 9. The number of allylic oxidation sites excluding steroid dienone is 9. The summed E-state index contributed by atoms with van der Waals surface area (Å²) in [6.07, 6.45) is 22.3. The maximum absolute atomic E-state index is 14.4. The maximum atomic E-state index is 14.4. The second-order valence-electron chi connectivity index (χ2n) is 19.3. The second-order valence-corrected chi connectivity index (χ2v) is 19.3. The first-order valence-corrected chi connectivity index (χ1v) is 24.0. The Hall–Kier alpha value is -4.61. The second kappa shape index (κ2) is 23.4. The van der Waals surface area contributed by atoms with Crippen LogP contribution in [0.1, 0.15) is 148 Å². The zero-order valence-corrected chi connectivity index (χ0v) is 42.7. The molecule has 5 aliphatic rings. The Bertz CT molecular complexity index is 2500.